The molecule has 6 nitrogen and oxygen atoms in total. The summed E-state index contributed by atoms with van der Waals surface area (Å²) in [6, 6.07) is 11.8. The second kappa shape index (κ2) is 9.39. The van der Waals surface area contributed by atoms with Gasteiger partial charge < -0.3 is 19.2 Å². The van der Waals surface area contributed by atoms with Crippen LogP contribution in [-0.2, 0) is 9.53 Å². The zero-order valence-corrected chi connectivity index (χ0v) is 15.8. The number of amides is 1. The smallest absolute Gasteiger partial charge is 0.244 e. The number of hydrogen-bond acceptors (Lipinski definition) is 5. The molecule has 1 saturated heterocycles. The first-order valence-electron chi connectivity index (χ1n) is 9.14. The lowest BCUT2D eigenvalue weighted by molar-refractivity contribution is -0.116. The maximum Gasteiger partial charge on any atom is 0.244 e. The largest absolute Gasteiger partial charge is 0.497 e. The third-order valence-electron chi connectivity index (χ3n) is 4.62. The third kappa shape index (κ3) is 5.45. The minimum atomic E-state index is -0.143. The number of morpholine rings is 1. The van der Waals surface area contributed by atoms with Gasteiger partial charge in [0.2, 0.25) is 5.91 Å². The Morgan fingerprint density at radius 1 is 1.22 bits per heavy atom. The molecule has 2 heterocycles. The van der Waals surface area contributed by atoms with E-state index >= 15 is 0 Å². The van der Waals surface area contributed by atoms with Crippen molar-refractivity contribution in [1.29, 1.82) is 0 Å². The summed E-state index contributed by atoms with van der Waals surface area (Å²) in [5.74, 6) is 2.17. The van der Waals surface area contributed by atoms with Crippen LogP contribution in [0, 0.1) is 6.92 Å². The maximum atomic E-state index is 12.2. The Labute approximate surface area is 159 Å². The van der Waals surface area contributed by atoms with Crippen molar-refractivity contribution in [3.8, 4) is 5.75 Å². The number of carbonyl (C=O) groups excluding carboxylic acids is 1. The normalized spacial score (nSPS) is 16.4. The lowest BCUT2D eigenvalue weighted by Crippen LogP contribution is -2.43. The average molecular weight is 370 g/mol. The van der Waals surface area contributed by atoms with Crippen LogP contribution >= 0.6 is 0 Å². The summed E-state index contributed by atoms with van der Waals surface area (Å²) in [6.07, 6.45) is 3.18. The molecule has 1 unspecified atom stereocenters. The molecule has 6 heteroatoms. The summed E-state index contributed by atoms with van der Waals surface area (Å²) >= 11 is 0. The van der Waals surface area contributed by atoms with Crippen LogP contribution in [0.25, 0.3) is 6.08 Å². The molecule has 3 rings (SSSR count). The van der Waals surface area contributed by atoms with Crippen molar-refractivity contribution in [2.45, 2.75) is 13.0 Å². The number of benzene rings is 1. The molecular weight excluding hydrogens is 344 g/mol. The van der Waals surface area contributed by atoms with Crippen LogP contribution in [-0.4, -0.2) is 50.8 Å². The van der Waals surface area contributed by atoms with Crippen LogP contribution in [0.5, 0.6) is 5.75 Å². The van der Waals surface area contributed by atoms with E-state index in [4.69, 9.17) is 13.9 Å². The first kappa shape index (κ1) is 19.2. The summed E-state index contributed by atoms with van der Waals surface area (Å²) in [6.45, 7) is 5.49. The van der Waals surface area contributed by atoms with Crippen molar-refractivity contribution >= 4 is 12.0 Å². The summed E-state index contributed by atoms with van der Waals surface area (Å²) in [5, 5.41) is 3.00. The number of rotatable bonds is 7. The molecule has 1 amide bonds. The number of hydrogen-bond donors (Lipinski definition) is 1. The molecule has 144 valence electrons. The number of methoxy groups -OCH3 is 1. The molecule has 1 aromatic heterocycles. The molecule has 0 aliphatic carbocycles. The predicted octanol–water partition coefficient (Wildman–Crippen LogP) is 2.80. The first-order chi connectivity index (χ1) is 13.2. The van der Waals surface area contributed by atoms with Crippen LogP contribution < -0.4 is 10.1 Å². The number of furan rings is 1. The number of nitrogens with one attached hydrogen (secondary N) is 1. The van der Waals surface area contributed by atoms with Crippen LogP contribution in [0.4, 0.5) is 0 Å². The van der Waals surface area contributed by atoms with Gasteiger partial charge in [0.05, 0.1) is 26.4 Å². The van der Waals surface area contributed by atoms with E-state index in [1.165, 1.54) is 6.08 Å². The van der Waals surface area contributed by atoms with Crippen LogP contribution in [0.15, 0.2) is 46.9 Å². The minimum Gasteiger partial charge on any atom is -0.497 e. The molecular formula is C21H26N2O4. The Morgan fingerprint density at radius 2 is 1.96 bits per heavy atom. The minimum absolute atomic E-state index is 0.0861. The molecule has 2 aromatic rings. The summed E-state index contributed by atoms with van der Waals surface area (Å²) in [7, 11) is 1.65. The fourth-order valence-electron chi connectivity index (χ4n) is 3.13. The van der Waals surface area contributed by atoms with Crippen LogP contribution in [0.1, 0.15) is 23.1 Å². The van der Waals surface area contributed by atoms with E-state index in [2.05, 4.69) is 10.2 Å². The molecule has 1 fully saturated rings. The molecule has 1 atom stereocenters. The van der Waals surface area contributed by atoms with Gasteiger partial charge in [0.1, 0.15) is 17.3 Å². The van der Waals surface area contributed by atoms with E-state index in [9.17, 15) is 4.79 Å². The molecule has 0 spiro atoms. The quantitative estimate of drug-likeness (QED) is 0.760. The standard InChI is InChI=1S/C21H26N2O4/c1-16-3-6-19(27-16)9-10-21(24)22-15-20(23-11-13-26-14-12-23)17-4-7-18(25-2)8-5-17/h3-10,20H,11-15H2,1-2H3,(H,22,24)/b10-9+. The topological polar surface area (TPSA) is 63.9 Å². The zero-order chi connectivity index (χ0) is 19.1. The molecule has 1 aliphatic rings. The van der Waals surface area contributed by atoms with Gasteiger partial charge in [-0.15, -0.1) is 0 Å². The van der Waals surface area contributed by atoms with Crippen LogP contribution in [0.3, 0.4) is 0 Å². The second-order valence-electron chi connectivity index (χ2n) is 6.46. The highest BCUT2D eigenvalue weighted by Crippen LogP contribution is 2.23. The van der Waals surface area contributed by atoms with E-state index in [-0.39, 0.29) is 11.9 Å². The van der Waals surface area contributed by atoms with Crippen molar-refractivity contribution < 1.29 is 18.7 Å². The molecule has 1 N–H and O–H groups in total. The fraction of sp³-hybridized carbons (Fsp3) is 0.381. The van der Waals surface area contributed by atoms with E-state index in [0.717, 1.165) is 30.2 Å². The highest BCUT2D eigenvalue weighted by Gasteiger charge is 2.23. The summed E-state index contributed by atoms with van der Waals surface area (Å²) in [5.41, 5.74) is 1.14. The Balaban J connectivity index is 1.65. The van der Waals surface area contributed by atoms with Gasteiger partial charge in [-0.2, -0.15) is 0 Å². The van der Waals surface area contributed by atoms with Crippen molar-refractivity contribution in [1.82, 2.24) is 10.2 Å². The van der Waals surface area contributed by atoms with Gasteiger partial charge in [-0.25, -0.2) is 0 Å². The predicted molar refractivity (Wildman–Crippen MR) is 104 cm³/mol. The first-order valence-corrected chi connectivity index (χ1v) is 9.14. The molecule has 0 saturated carbocycles. The lowest BCUT2D eigenvalue weighted by atomic mass is 10.0. The highest BCUT2D eigenvalue weighted by atomic mass is 16.5. The SMILES string of the molecule is COc1ccc(C(CNC(=O)/C=C/c2ccc(C)o2)N2CCOCC2)cc1. The summed E-state index contributed by atoms with van der Waals surface area (Å²) < 4.78 is 16.2. The Bertz CT molecular complexity index is 761. The van der Waals surface area contributed by atoms with Gasteiger partial charge in [-0.05, 0) is 42.8 Å². The second-order valence-corrected chi connectivity index (χ2v) is 6.46. The molecule has 1 aliphatic heterocycles. The lowest BCUT2D eigenvalue weighted by Gasteiger charge is -2.34. The van der Waals surface area contributed by atoms with Gasteiger partial charge in [-0.3, -0.25) is 9.69 Å². The third-order valence-corrected chi connectivity index (χ3v) is 4.62. The van der Waals surface area contributed by atoms with Crippen molar-refractivity contribution in [3.05, 3.63) is 59.6 Å². The van der Waals surface area contributed by atoms with E-state index < -0.39 is 0 Å². The van der Waals surface area contributed by atoms with E-state index in [0.29, 0.717) is 25.5 Å². The van der Waals surface area contributed by atoms with Crippen LogP contribution in [0.2, 0.25) is 0 Å². The number of nitrogens with zero attached hydrogens (tertiary/aromatic N) is 1. The fourth-order valence-corrected chi connectivity index (χ4v) is 3.13. The van der Waals surface area contributed by atoms with E-state index in [1.807, 2.05) is 43.3 Å². The Hall–Kier alpha value is -2.57. The van der Waals surface area contributed by atoms with Gasteiger partial charge in [0, 0.05) is 25.7 Å². The number of aryl methyl sites for hydroxylation is 1. The molecule has 0 bridgehead atoms. The highest BCUT2D eigenvalue weighted by molar-refractivity contribution is 5.91. The number of carbonyl (C=O) groups is 1. The van der Waals surface area contributed by atoms with Crippen molar-refractivity contribution in [3.63, 3.8) is 0 Å². The molecule has 0 radical (unpaired) electrons. The van der Waals surface area contributed by atoms with Gasteiger partial charge in [0.15, 0.2) is 0 Å². The van der Waals surface area contributed by atoms with Gasteiger partial charge >= 0.3 is 0 Å². The Kier molecular flexibility index (Phi) is 6.68. The number of ether oxygens (including phenoxy) is 2. The van der Waals surface area contributed by atoms with Crippen molar-refractivity contribution in [2.75, 3.05) is 40.0 Å². The van der Waals surface area contributed by atoms with Gasteiger partial charge in [0.25, 0.3) is 0 Å². The Morgan fingerprint density at radius 3 is 2.59 bits per heavy atom. The van der Waals surface area contributed by atoms with E-state index in [1.54, 1.807) is 13.2 Å². The van der Waals surface area contributed by atoms with Crippen molar-refractivity contribution in [2.24, 2.45) is 0 Å². The maximum absolute atomic E-state index is 12.2. The molecule has 27 heavy (non-hydrogen) atoms. The monoisotopic (exact) mass is 370 g/mol. The average Bonchev–Trinajstić information content (AvgIpc) is 3.13. The molecule has 1 aromatic carbocycles. The zero-order valence-electron chi connectivity index (χ0n) is 15.8. The summed E-state index contributed by atoms with van der Waals surface area (Å²) in [4.78, 5) is 14.6. The van der Waals surface area contributed by atoms with Gasteiger partial charge in [-0.1, -0.05) is 12.1 Å².